The van der Waals surface area contributed by atoms with Gasteiger partial charge in [0.25, 0.3) is 0 Å². The van der Waals surface area contributed by atoms with Crippen molar-refractivity contribution in [2.45, 2.75) is 39.7 Å². The molecule has 0 aromatic carbocycles. The smallest absolute Gasteiger partial charge is 0.142 e. The molecule has 0 spiro atoms. The fourth-order valence-corrected chi connectivity index (χ4v) is 2.18. The molecule has 1 aliphatic carbocycles. The highest BCUT2D eigenvalue weighted by Crippen LogP contribution is 2.37. The van der Waals surface area contributed by atoms with Gasteiger partial charge in [-0.3, -0.25) is 4.79 Å². The Hall–Kier alpha value is -0.410. The Morgan fingerprint density at radius 1 is 1.60 bits per heavy atom. The van der Waals surface area contributed by atoms with Gasteiger partial charge in [0.05, 0.1) is 6.61 Å². The van der Waals surface area contributed by atoms with E-state index in [1.165, 1.54) is 0 Å². The molecule has 1 N–H and O–H groups in total. The third kappa shape index (κ3) is 2.79. The fraction of sp³-hybridized carbons (Fsp3) is 0.917. The molecule has 15 heavy (non-hydrogen) atoms. The zero-order chi connectivity index (χ0) is 11.6. The van der Waals surface area contributed by atoms with Crippen LogP contribution in [0.15, 0.2) is 0 Å². The molecule has 0 saturated heterocycles. The van der Waals surface area contributed by atoms with E-state index in [1.807, 2.05) is 27.8 Å². The first-order chi connectivity index (χ1) is 6.88. The van der Waals surface area contributed by atoms with Gasteiger partial charge in [0.15, 0.2) is 0 Å². The van der Waals surface area contributed by atoms with Gasteiger partial charge in [-0.2, -0.15) is 0 Å². The van der Waals surface area contributed by atoms with Crippen LogP contribution in [0.4, 0.5) is 0 Å². The monoisotopic (exact) mass is 213 g/mol. The lowest BCUT2D eigenvalue weighted by molar-refractivity contribution is -0.128. The molecule has 0 aliphatic heterocycles. The lowest BCUT2D eigenvalue weighted by Crippen LogP contribution is -2.38. The predicted molar refractivity (Wildman–Crippen MR) is 60.7 cm³/mol. The number of nitrogens with zero attached hydrogens (tertiary/aromatic N) is 1. The number of ketones is 1. The van der Waals surface area contributed by atoms with Crippen molar-refractivity contribution in [2.75, 3.05) is 20.2 Å². The van der Waals surface area contributed by atoms with E-state index in [1.54, 1.807) is 0 Å². The Bertz CT molecular complexity index is 238. The second kappa shape index (κ2) is 4.62. The fourth-order valence-electron chi connectivity index (χ4n) is 2.18. The van der Waals surface area contributed by atoms with Crippen molar-refractivity contribution in [2.24, 2.45) is 11.3 Å². The van der Waals surface area contributed by atoms with Gasteiger partial charge in [-0.15, -0.1) is 0 Å². The maximum atomic E-state index is 12.0. The summed E-state index contributed by atoms with van der Waals surface area (Å²) in [5, 5.41) is 9.02. The van der Waals surface area contributed by atoms with E-state index in [0.29, 0.717) is 5.78 Å². The van der Waals surface area contributed by atoms with Crippen LogP contribution in [0.25, 0.3) is 0 Å². The van der Waals surface area contributed by atoms with E-state index in [0.717, 1.165) is 19.4 Å². The third-order valence-electron chi connectivity index (χ3n) is 3.68. The van der Waals surface area contributed by atoms with Gasteiger partial charge in [-0.05, 0) is 26.8 Å². The quantitative estimate of drug-likeness (QED) is 0.765. The average molecular weight is 213 g/mol. The Balaban J connectivity index is 2.51. The third-order valence-corrected chi connectivity index (χ3v) is 3.68. The van der Waals surface area contributed by atoms with Crippen LogP contribution < -0.4 is 0 Å². The van der Waals surface area contributed by atoms with Gasteiger partial charge in [0.2, 0.25) is 0 Å². The van der Waals surface area contributed by atoms with E-state index >= 15 is 0 Å². The zero-order valence-electron chi connectivity index (χ0n) is 10.3. The van der Waals surface area contributed by atoms with Crippen LogP contribution in [0.1, 0.15) is 33.6 Å². The van der Waals surface area contributed by atoms with Crippen molar-refractivity contribution in [3.63, 3.8) is 0 Å². The average Bonchev–Trinajstić information content (AvgIpc) is 2.44. The number of hydrogen-bond donors (Lipinski definition) is 1. The summed E-state index contributed by atoms with van der Waals surface area (Å²) in [5.41, 5.74) is -0.131. The first-order valence-electron chi connectivity index (χ1n) is 5.74. The summed E-state index contributed by atoms with van der Waals surface area (Å²) < 4.78 is 0. The number of aliphatic hydroxyl groups excluding tert-OH is 1. The van der Waals surface area contributed by atoms with Crippen LogP contribution in [0.5, 0.6) is 0 Å². The van der Waals surface area contributed by atoms with E-state index in [2.05, 4.69) is 4.90 Å². The largest absolute Gasteiger partial charge is 0.395 e. The number of likely N-dealkylation sites (N-methyl/N-ethyl adjacent to an activating group) is 1. The molecule has 1 aliphatic rings. The maximum Gasteiger partial charge on any atom is 0.142 e. The van der Waals surface area contributed by atoms with Crippen LogP contribution in [0.2, 0.25) is 0 Å². The normalized spacial score (nSPS) is 27.3. The topological polar surface area (TPSA) is 40.5 Å². The Morgan fingerprint density at radius 3 is 2.60 bits per heavy atom. The second-order valence-corrected chi connectivity index (χ2v) is 5.45. The number of hydrogen-bond acceptors (Lipinski definition) is 3. The van der Waals surface area contributed by atoms with Gasteiger partial charge >= 0.3 is 0 Å². The first-order valence-corrected chi connectivity index (χ1v) is 5.74. The molecule has 0 aromatic rings. The molecular weight excluding hydrogens is 190 g/mol. The zero-order valence-corrected chi connectivity index (χ0v) is 10.3. The van der Waals surface area contributed by atoms with Crippen molar-refractivity contribution in [3.8, 4) is 0 Å². The Morgan fingerprint density at radius 2 is 2.20 bits per heavy atom. The molecule has 3 nitrogen and oxygen atoms in total. The summed E-state index contributed by atoms with van der Waals surface area (Å²) in [5.74, 6) is 0.554. The number of rotatable bonds is 4. The highest BCUT2D eigenvalue weighted by Gasteiger charge is 2.40. The number of Topliss-reactive ketones (excluding diaryl/α,β-unsaturated/α-hetero) is 1. The van der Waals surface area contributed by atoms with Gasteiger partial charge in [-0.1, -0.05) is 13.8 Å². The van der Waals surface area contributed by atoms with Crippen LogP contribution in [0.3, 0.4) is 0 Å². The summed E-state index contributed by atoms with van der Waals surface area (Å²) in [4.78, 5) is 14.1. The van der Waals surface area contributed by atoms with Gasteiger partial charge in [0, 0.05) is 23.9 Å². The number of carbonyl (C=O) groups is 1. The molecule has 0 heterocycles. The highest BCUT2D eigenvalue weighted by atomic mass is 16.3. The van der Waals surface area contributed by atoms with Crippen molar-refractivity contribution < 1.29 is 9.90 Å². The highest BCUT2D eigenvalue weighted by molar-refractivity contribution is 5.88. The first kappa shape index (κ1) is 12.7. The molecule has 0 amide bonds. The molecule has 1 fully saturated rings. The molecule has 2 unspecified atom stereocenters. The predicted octanol–water partition coefficient (Wildman–Crippen LogP) is 1.30. The van der Waals surface area contributed by atoms with Gasteiger partial charge < -0.3 is 10.0 Å². The van der Waals surface area contributed by atoms with Crippen LogP contribution in [0, 0.1) is 11.3 Å². The molecule has 0 bridgehead atoms. The van der Waals surface area contributed by atoms with Crippen LogP contribution in [-0.2, 0) is 4.79 Å². The van der Waals surface area contributed by atoms with E-state index in [-0.39, 0.29) is 24.0 Å². The van der Waals surface area contributed by atoms with Crippen molar-refractivity contribution in [3.05, 3.63) is 0 Å². The minimum Gasteiger partial charge on any atom is -0.395 e. The van der Waals surface area contributed by atoms with E-state index < -0.39 is 0 Å². The van der Waals surface area contributed by atoms with Crippen LogP contribution >= 0.6 is 0 Å². The summed E-state index contributed by atoms with van der Waals surface area (Å²) in [6, 6.07) is 0.140. The number of aliphatic hydroxyl groups is 1. The lowest BCUT2D eigenvalue weighted by Gasteiger charge is -2.26. The minimum absolute atomic E-state index is 0.131. The molecule has 88 valence electrons. The Kier molecular flexibility index (Phi) is 3.90. The van der Waals surface area contributed by atoms with E-state index in [9.17, 15) is 4.79 Å². The molecule has 0 radical (unpaired) electrons. The summed E-state index contributed by atoms with van der Waals surface area (Å²) >= 11 is 0. The summed E-state index contributed by atoms with van der Waals surface area (Å²) in [6.07, 6.45) is 1.99. The molecular formula is C12H23NO2. The minimum atomic E-state index is -0.131. The summed E-state index contributed by atoms with van der Waals surface area (Å²) in [7, 11) is 1.97. The number of carbonyl (C=O) groups excluding carboxylic acids is 1. The molecule has 1 saturated carbocycles. The molecule has 2 atom stereocenters. The molecule has 3 heteroatoms. The lowest BCUT2D eigenvalue weighted by atomic mass is 9.89. The van der Waals surface area contributed by atoms with Gasteiger partial charge in [0.1, 0.15) is 5.78 Å². The summed E-state index contributed by atoms with van der Waals surface area (Å²) in [6.45, 7) is 6.98. The SMILES string of the molecule is CC(CO)N(C)CC1CCC(C)(C)C1=O. The molecule has 0 aromatic heterocycles. The Labute approximate surface area is 92.5 Å². The van der Waals surface area contributed by atoms with Crippen molar-refractivity contribution in [1.29, 1.82) is 0 Å². The van der Waals surface area contributed by atoms with Crippen molar-refractivity contribution in [1.82, 2.24) is 4.90 Å². The van der Waals surface area contributed by atoms with E-state index in [4.69, 9.17) is 5.11 Å². The maximum absolute atomic E-state index is 12.0. The molecule has 1 rings (SSSR count). The van der Waals surface area contributed by atoms with Crippen LogP contribution in [-0.4, -0.2) is 42.0 Å². The van der Waals surface area contributed by atoms with Crippen molar-refractivity contribution >= 4 is 5.78 Å². The van der Waals surface area contributed by atoms with Gasteiger partial charge in [-0.25, -0.2) is 0 Å². The standard InChI is InChI=1S/C12H23NO2/c1-9(8-14)13(4)7-10-5-6-12(2,3)11(10)15/h9-10,14H,5-8H2,1-4H3. The second-order valence-electron chi connectivity index (χ2n) is 5.45.